The van der Waals surface area contributed by atoms with E-state index in [1.54, 1.807) is 0 Å². The van der Waals surface area contributed by atoms with Crippen LogP contribution in [-0.4, -0.2) is 56.2 Å². The number of piperazine rings is 1. The minimum atomic E-state index is 0.815. The minimum absolute atomic E-state index is 0.815. The van der Waals surface area contributed by atoms with E-state index in [9.17, 15) is 0 Å². The lowest BCUT2D eigenvalue weighted by Gasteiger charge is -2.32. The van der Waals surface area contributed by atoms with Crippen molar-refractivity contribution in [3.05, 3.63) is 29.3 Å². The highest BCUT2D eigenvalue weighted by molar-refractivity contribution is 5.37. The molecule has 22 heavy (non-hydrogen) atoms. The molecule has 0 bridgehead atoms. The van der Waals surface area contributed by atoms with Crippen LogP contribution in [0.5, 0.6) is 5.75 Å². The molecule has 0 spiro atoms. The molecule has 124 valence electrons. The molecule has 0 radical (unpaired) electrons. The summed E-state index contributed by atoms with van der Waals surface area (Å²) in [5, 5.41) is 0. The van der Waals surface area contributed by atoms with E-state index in [1.165, 1.54) is 56.7 Å². The molecule has 1 aromatic carbocycles. The third-order valence-electron chi connectivity index (χ3n) is 4.50. The molecule has 0 aliphatic carbocycles. The van der Waals surface area contributed by atoms with Gasteiger partial charge in [0.25, 0.3) is 0 Å². The molecule has 0 aromatic heterocycles. The number of likely N-dealkylation sites (N-methyl/N-ethyl adjacent to an activating group) is 1. The van der Waals surface area contributed by atoms with Crippen molar-refractivity contribution in [2.45, 2.75) is 39.5 Å². The van der Waals surface area contributed by atoms with Gasteiger partial charge < -0.3 is 14.5 Å². The first-order valence-electron chi connectivity index (χ1n) is 8.88. The summed E-state index contributed by atoms with van der Waals surface area (Å²) in [7, 11) is 2.21. The molecule has 1 heterocycles. The summed E-state index contributed by atoms with van der Waals surface area (Å²) in [5.74, 6) is 1.08. The number of nitrogens with zero attached hydrogens (tertiary/aromatic N) is 2. The van der Waals surface area contributed by atoms with Crippen LogP contribution in [0.4, 0.5) is 0 Å². The third-order valence-corrected chi connectivity index (χ3v) is 4.50. The van der Waals surface area contributed by atoms with Gasteiger partial charge in [0.05, 0.1) is 6.61 Å². The number of hydrogen-bond acceptors (Lipinski definition) is 3. The lowest BCUT2D eigenvalue weighted by atomic mass is 10.0. The Bertz CT molecular complexity index is 439. The van der Waals surface area contributed by atoms with Crippen molar-refractivity contribution in [3.8, 4) is 5.75 Å². The van der Waals surface area contributed by atoms with E-state index in [4.69, 9.17) is 4.74 Å². The zero-order chi connectivity index (χ0) is 15.8. The normalized spacial score (nSPS) is 16.9. The molecule has 1 saturated heterocycles. The average Bonchev–Trinajstić information content (AvgIpc) is 2.55. The highest BCUT2D eigenvalue weighted by Gasteiger charge is 2.13. The standard InChI is InChI=1S/C19H32N2O/c1-4-15-22-19-9-8-17(16-18(19)5-2)7-6-10-21-13-11-20(3)12-14-21/h8-9,16H,4-7,10-15H2,1-3H3. The Kier molecular flexibility index (Phi) is 7.20. The number of ether oxygens (including phenoxy) is 1. The molecule has 1 aliphatic heterocycles. The van der Waals surface area contributed by atoms with Gasteiger partial charge in [-0.25, -0.2) is 0 Å². The number of hydrogen-bond donors (Lipinski definition) is 0. The van der Waals surface area contributed by atoms with Gasteiger partial charge in [0.1, 0.15) is 5.75 Å². The van der Waals surface area contributed by atoms with E-state index >= 15 is 0 Å². The Morgan fingerprint density at radius 1 is 1.09 bits per heavy atom. The predicted octanol–water partition coefficient (Wildman–Crippen LogP) is 3.22. The van der Waals surface area contributed by atoms with Crippen LogP contribution in [0.15, 0.2) is 18.2 Å². The molecule has 0 amide bonds. The molecule has 3 nitrogen and oxygen atoms in total. The first kappa shape index (κ1) is 17.3. The van der Waals surface area contributed by atoms with Gasteiger partial charge in [-0.05, 0) is 56.5 Å². The largest absolute Gasteiger partial charge is 0.493 e. The van der Waals surface area contributed by atoms with Gasteiger partial charge in [-0.2, -0.15) is 0 Å². The van der Waals surface area contributed by atoms with Crippen LogP contribution in [-0.2, 0) is 12.8 Å². The highest BCUT2D eigenvalue weighted by Crippen LogP contribution is 2.22. The van der Waals surface area contributed by atoms with E-state index in [2.05, 4.69) is 48.9 Å². The van der Waals surface area contributed by atoms with Gasteiger partial charge in [0, 0.05) is 26.2 Å². The van der Waals surface area contributed by atoms with E-state index in [0.717, 1.165) is 25.2 Å². The highest BCUT2D eigenvalue weighted by atomic mass is 16.5. The smallest absolute Gasteiger partial charge is 0.122 e. The third kappa shape index (κ3) is 5.29. The quantitative estimate of drug-likeness (QED) is 0.733. The first-order chi connectivity index (χ1) is 10.7. The van der Waals surface area contributed by atoms with Gasteiger partial charge in [-0.15, -0.1) is 0 Å². The maximum Gasteiger partial charge on any atom is 0.122 e. The second-order valence-corrected chi connectivity index (χ2v) is 6.39. The Balaban J connectivity index is 1.80. The van der Waals surface area contributed by atoms with Gasteiger partial charge in [0.2, 0.25) is 0 Å². The number of benzene rings is 1. The van der Waals surface area contributed by atoms with Crippen LogP contribution < -0.4 is 4.74 Å². The monoisotopic (exact) mass is 304 g/mol. The van der Waals surface area contributed by atoms with E-state index in [1.807, 2.05) is 0 Å². The van der Waals surface area contributed by atoms with Crippen LogP contribution in [0.2, 0.25) is 0 Å². The molecular weight excluding hydrogens is 272 g/mol. The number of aryl methyl sites for hydroxylation is 2. The van der Waals surface area contributed by atoms with Crippen LogP contribution in [0.1, 0.15) is 37.8 Å². The number of rotatable bonds is 8. The van der Waals surface area contributed by atoms with Crippen LogP contribution >= 0.6 is 0 Å². The van der Waals surface area contributed by atoms with Crippen molar-refractivity contribution < 1.29 is 4.74 Å². The summed E-state index contributed by atoms with van der Waals surface area (Å²) >= 11 is 0. The fourth-order valence-electron chi connectivity index (χ4n) is 3.00. The minimum Gasteiger partial charge on any atom is -0.493 e. The van der Waals surface area contributed by atoms with Crippen molar-refractivity contribution >= 4 is 0 Å². The molecule has 1 fully saturated rings. The summed E-state index contributed by atoms with van der Waals surface area (Å²) in [6.45, 7) is 11.3. The first-order valence-corrected chi connectivity index (χ1v) is 8.88. The lowest BCUT2D eigenvalue weighted by Crippen LogP contribution is -2.44. The molecule has 0 unspecified atom stereocenters. The summed E-state index contributed by atoms with van der Waals surface area (Å²) in [4.78, 5) is 5.01. The Morgan fingerprint density at radius 2 is 1.86 bits per heavy atom. The van der Waals surface area contributed by atoms with Crippen molar-refractivity contribution in [2.24, 2.45) is 0 Å². The van der Waals surface area contributed by atoms with Crippen LogP contribution in [0.25, 0.3) is 0 Å². The zero-order valence-corrected chi connectivity index (χ0v) is 14.6. The average molecular weight is 304 g/mol. The molecule has 0 saturated carbocycles. The SMILES string of the molecule is CCCOc1ccc(CCCN2CCN(C)CC2)cc1CC. The summed E-state index contributed by atoms with van der Waals surface area (Å²) < 4.78 is 5.83. The van der Waals surface area contributed by atoms with E-state index in [-0.39, 0.29) is 0 Å². The van der Waals surface area contributed by atoms with E-state index < -0.39 is 0 Å². The topological polar surface area (TPSA) is 15.7 Å². The second-order valence-electron chi connectivity index (χ2n) is 6.39. The Labute approximate surface area is 136 Å². The molecule has 2 rings (SSSR count). The molecule has 0 N–H and O–H groups in total. The van der Waals surface area contributed by atoms with Crippen molar-refractivity contribution in [1.29, 1.82) is 0 Å². The van der Waals surface area contributed by atoms with Crippen molar-refractivity contribution in [1.82, 2.24) is 9.80 Å². The second kappa shape index (κ2) is 9.16. The molecule has 1 aromatic rings. The van der Waals surface area contributed by atoms with Gasteiger partial charge in [0.15, 0.2) is 0 Å². The Hall–Kier alpha value is -1.06. The summed E-state index contributed by atoms with van der Waals surface area (Å²) in [5.41, 5.74) is 2.81. The summed E-state index contributed by atoms with van der Waals surface area (Å²) in [6.07, 6.45) is 4.54. The fraction of sp³-hybridized carbons (Fsp3) is 0.684. The van der Waals surface area contributed by atoms with Crippen LogP contribution in [0.3, 0.4) is 0 Å². The van der Waals surface area contributed by atoms with E-state index in [0.29, 0.717) is 0 Å². The molecule has 3 heteroatoms. The van der Waals surface area contributed by atoms with Crippen LogP contribution in [0, 0.1) is 0 Å². The van der Waals surface area contributed by atoms with Gasteiger partial charge >= 0.3 is 0 Å². The predicted molar refractivity (Wildman–Crippen MR) is 93.9 cm³/mol. The molecular formula is C19H32N2O. The van der Waals surface area contributed by atoms with Gasteiger partial charge in [-0.1, -0.05) is 26.0 Å². The lowest BCUT2D eigenvalue weighted by molar-refractivity contribution is 0.153. The summed E-state index contributed by atoms with van der Waals surface area (Å²) in [6, 6.07) is 6.75. The van der Waals surface area contributed by atoms with Gasteiger partial charge in [-0.3, -0.25) is 0 Å². The maximum atomic E-state index is 5.83. The zero-order valence-electron chi connectivity index (χ0n) is 14.6. The van der Waals surface area contributed by atoms with Crippen molar-refractivity contribution in [2.75, 3.05) is 46.4 Å². The molecule has 1 aliphatic rings. The fourth-order valence-corrected chi connectivity index (χ4v) is 3.00. The Morgan fingerprint density at radius 3 is 2.55 bits per heavy atom. The molecule has 0 atom stereocenters. The van der Waals surface area contributed by atoms with Crippen molar-refractivity contribution in [3.63, 3.8) is 0 Å². The maximum absolute atomic E-state index is 5.83.